The van der Waals surface area contributed by atoms with Gasteiger partial charge >= 0.3 is 12.1 Å². The predicted octanol–water partition coefficient (Wildman–Crippen LogP) is 3.16. The lowest BCUT2D eigenvalue weighted by atomic mass is 9.94. The summed E-state index contributed by atoms with van der Waals surface area (Å²) in [6.45, 7) is -0.274. The normalized spacial score (nSPS) is 17.7. The number of nitrogens with one attached hydrogen (secondary N) is 1. The minimum atomic E-state index is -4.84. The highest BCUT2D eigenvalue weighted by atomic mass is 35.5. The van der Waals surface area contributed by atoms with Gasteiger partial charge in [0.2, 0.25) is 0 Å². The van der Waals surface area contributed by atoms with Gasteiger partial charge in [0, 0.05) is 29.4 Å². The monoisotopic (exact) mass is 414 g/mol. The smallest absolute Gasteiger partial charge is 0.413 e. The second-order valence-electron chi connectivity index (χ2n) is 6.18. The van der Waals surface area contributed by atoms with Crippen molar-refractivity contribution in [1.29, 1.82) is 0 Å². The molecule has 1 heterocycles. The average molecular weight is 415 g/mol. The van der Waals surface area contributed by atoms with Crippen LogP contribution < -0.4 is 10.1 Å². The quantitative estimate of drug-likeness (QED) is 0.669. The highest BCUT2D eigenvalue weighted by Gasteiger charge is 2.50. The van der Waals surface area contributed by atoms with Crippen LogP contribution in [0.25, 0.3) is 6.08 Å². The van der Waals surface area contributed by atoms with Crippen LogP contribution >= 0.6 is 11.6 Å². The van der Waals surface area contributed by atoms with Crippen LogP contribution in [0.4, 0.5) is 24.5 Å². The first-order valence-corrected chi connectivity index (χ1v) is 8.36. The number of hydrogen-bond acceptors (Lipinski definition) is 4. The number of nitrogens with zero attached hydrogens (tertiary/aromatic N) is 1. The van der Waals surface area contributed by atoms with Gasteiger partial charge in [-0.1, -0.05) is 23.7 Å². The third-order valence-corrected chi connectivity index (χ3v) is 4.56. The molecule has 10 heteroatoms. The Kier molecular flexibility index (Phi) is 5.35. The van der Waals surface area contributed by atoms with E-state index >= 15 is 0 Å². The lowest BCUT2D eigenvalue weighted by Gasteiger charge is -2.39. The lowest BCUT2D eigenvalue weighted by Crippen LogP contribution is -2.99. The molecule has 2 aromatic rings. The molecule has 0 bridgehead atoms. The topological polar surface area (TPSA) is 88.3 Å². The Morgan fingerprint density at radius 3 is 2.39 bits per heavy atom. The number of aliphatic carboxylic acids is 1. The van der Waals surface area contributed by atoms with Crippen LogP contribution in [0.5, 0.6) is 0 Å². The second-order valence-corrected chi connectivity index (χ2v) is 6.62. The summed E-state index contributed by atoms with van der Waals surface area (Å²) in [6.07, 6.45) is -3.87. The van der Waals surface area contributed by atoms with Crippen LogP contribution in [0.3, 0.4) is 0 Å². The van der Waals surface area contributed by atoms with E-state index in [1.807, 2.05) is 0 Å². The molecule has 0 aromatic heterocycles. The van der Waals surface area contributed by atoms with Gasteiger partial charge < -0.3 is 15.2 Å². The molecule has 2 atom stereocenters. The molecule has 0 amide bonds. The molecule has 28 heavy (non-hydrogen) atoms. The zero-order chi connectivity index (χ0) is 20.6. The highest BCUT2D eigenvalue weighted by Crippen LogP contribution is 2.41. The van der Waals surface area contributed by atoms with Gasteiger partial charge in [0.05, 0.1) is 5.57 Å². The molecular formula is C18H14ClF3N2O4. The van der Waals surface area contributed by atoms with Crippen molar-refractivity contribution >= 4 is 35.0 Å². The van der Waals surface area contributed by atoms with Crippen molar-refractivity contribution < 1.29 is 33.5 Å². The highest BCUT2D eigenvalue weighted by molar-refractivity contribution is 6.30. The van der Waals surface area contributed by atoms with Gasteiger partial charge in [0.25, 0.3) is 0 Å². The van der Waals surface area contributed by atoms with Crippen LogP contribution in [0.1, 0.15) is 11.1 Å². The number of fused-ring (bicyclic) bond motifs is 1. The summed E-state index contributed by atoms with van der Waals surface area (Å²) in [5.74, 6) is -1.68. The van der Waals surface area contributed by atoms with Crippen LogP contribution in [0, 0.1) is 5.21 Å². The van der Waals surface area contributed by atoms with E-state index in [0.29, 0.717) is 5.56 Å². The molecule has 3 rings (SSSR count). The van der Waals surface area contributed by atoms with Gasteiger partial charge in [-0.2, -0.15) is 18.4 Å². The van der Waals surface area contributed by atoms with Crippen LogP contribution in [0.15, 0.2) is 48.0 Å². The summed E-state index contributed by atoms with van der Waals surface area (Å²) in [5.41, 5.74) is 0.0101. The maximum Gasteiger partial charge on any atom is 0.413 e. The van der Waals surface area contributed by atoms with E-state index in [0.717, 1.165) is 11.0 Å². The molecule has 0 fully saturated rings. The number of carboxylic acids is 1. The van der Waals surface area contributed by atoms with Gasteiger partial charge in [-0.25, -0.2) is 10.0 Å². The van der Waals surface area contributed by atoms with Crippen molar-refractivity contribution in [2.24, 2.45) is 0 Å². The summed E-state index contributed by atoms with van der Waals surface area (Å²) in [7, 11) is 0. The van der Waals surface area contributed by atoms with E-state index in [4.69, 9.17) is 16.8 Å². The van der Waals surface area contributed by atoms with E-state index in [2.05, 4.69) is 0 Å². The van der Waals surface area contributed by atoms with Gasteiger partial charge in [0.15, 0.2) is 11.7 Å². The molecule has 0 saturated carbocycles. The van der Waals surface area contributed by atoms with E-state index in [-0.39, 0.29) is 28.5 Å². The van der Waals surface area contributed by atoms with Crippen molar-refractivity contribution in [2.75, 3.05) is 4.90 Å². The summed E-state index contributed by atoms with van der Waals surface area (Å²) < 4.78 is 41.4. The molecule has 0 saturated heterocycles. The Bertz CT molecular complexity index is 929. The van der Waals surface area contributed by atoms with Gasteiger partial charge in [-0.3, -0.25) is 0 Å². The van der Waals surface area contributed by atoms with Crippen molar-refractivity contribution in [3.63, 3.8) is 0 Å². The summed E-state index contributed by atoms with van der Waals surface area (Å²) in [6, 6.07) is 7.20. The van der Waals surface area contributed by atoms with Gasteiger partial charge in [0.1, 0.15) is 0 Å². The molecule has 0 aliphatic carbocycles. The predicted molar refractivity (Wildman–Crippen MR) is 95.3 cm³/mol. The Balaban J connectivity index is 2.09. The maximum absolute atomic E-state index is 13.8. The zero-order valence-corrected chi connectivity index (χ0v) is 14.8. The van der Waals surface area contributed by atoms with Crippen molar-refractivity contribution in [1.82, 2.24) is 0 Å². The first-order valence-electron chi connectivity index (χ1n) is 7.98. The van der Waals surface area contributed by atoms with E-state index in [1.165, 1.54) is 42.5 Å². The Labute approximate surface area is 162 Å². The third kappa shape index (κ3) is 3.97. The number of rotatable bonds is 4. The molecule has 2 unspecified atom stereocenters. The fraction of sp³-hybridized carbons (Fsp3) is 0.167. The minimum Gasteiger partial charge on any atom is -0.595 e. The summed E-state index contributed by atoms with van der Waals surface area (Å²) in [4.78, 5) is 12.5. The number of quaternary nitrogens is 1. The molecule has 0 radical (unpaired) electrons. The van der Waals surface area contributed by atoms with E-state index in [1.54, 1.807) is 0 Å². The number of alkyl halides is 3. The number of carboxylic acid groups (broad SMARTS) is 1. The average Bonchev–Trinajstić information content (AvgIpc) is 2.60. The summed E-state index contributed by atoms with van der Waals surface area (Å²) >= 11 is 5.91. The molecule has 1 aliphatic heterocycles. The molecular weight excluding hydrogens is 401 g/mol. The zero-order valence-electron chi connectivity index (χ0n) is 14.1. The standard InChI is InChI=1S/C18H14ClF3N2O4/c19-12-3-6-15-11(7-12)8-14(17(25)26)16(18(20,21)22)23(15)9-10-1-4-13(5-2-10)24(27)28/h1-8,16,24,27H,9H2,(H,25,26). The Hall–Kier alpha value is -2.59. The number of carbonyl (C=O) groups is 1. The molecule has 0 spiro atoms. The van der Waals surface area contributed by atoms with E-state index in [9.17, 15) is 28.3 Å². The Morgan fingerprint density at radius 1 is 1.21 bits per heavy atom. The fourth-order valence-corrected chi connectivity index (χ4v) is 3.29. The van der Waals surface area contributed by atoms with Crippen LogP contribution in [0.2, 0.25) is 5.02 Å². The van der Waals surface area contributed by atoms with Crippen molar-refractivity contribution in [3.05, 3.63) is 69.4 Å². The first-order chi connectivity index (χ1) is 13.1. The van der Waals surface area contributed by atoms with Crippen molar-refractivity contribution in [3.8, 4) is 0 Å². The molecule has 1 aliphatic rings. The second kappa shape index (κ2) is 7.44. The number of anilines is 1. The van der Waals surface area contributed by atoms with Crippen LogP contribution in [-0.2, 0) is 11.3 Å². The lowest BCUT2D eigenvalue weighted by molar-refractivity contribution is -0.991. The number of halogens is 4. The number of benzene rings is 2. The van der Waals surface area contributed by atoms with Crippen LogP contribution in [-0.4, -0.2) is 28.5 Å². The third-order valence-electron chi connectivity index (χ3n) is 4.33. The molecule has 148 valence electrons. The maximum atomic E-state index is 13.8. The molecule has 3 N–H and O–H groups in total. The first kappa shape index (κ1) is 20.2. The Morgan fingerprint density at radius 2 is 1.86 bits per heavy atom. The SMILES string of the molecule is O=C(O)C1=Cc2cc(Cl)ccc2N(Cc2ccc([NH+]([O-])O)cc2)C1C(F)(F)F. The summed E-state index contributed by atoms with van der Waals surface area (Å²) in [5, 5.41) is 28.4. The van der Waals surface area contributed by atoms with Crippen molar-refractivity contribution in [2.45, 2.75) is 18.8 Å². The molecule has 6 nitrogen and oxygen atoms in total. The fourth-order valence-electron chi connectivity index (χ4n) is 3.11. The largest absolute Gasteiger partial charge is 0.595 e. The van der Waals surface area contributed by atoms with Gasteiger partial charge in [-0.05, 0) is 35.4 Å². The molecule has 2 aromatic carbocycles. The number of hydrogen-bond donors (Lipinski definition) is 3. The van der Waals surface area contributed by atoms with Gasteiger partial charge in [-0.15, -0.1) is 0 Å². The van der Waals surface area contributed by atoms with E-state index < -0.39 is 29.0 Å². The minimum absolute atomic E-state index is 0.00642.